The molecule has 8 nitrogen and oxygen atoms in total. The van der Waals surface area contributed by atoms with Gasteiger partial charge in [0, 0.05) is 31.1 Å². The molecule has 0 bridgehead atoms. The Labute approximate surface area is 118 Å². The van der Waals surface area contributed by atoms with Gasteiger partial charge in [-0.15, -0.1) is 0 Å². The third kappa shape index (κ3) is 3.44. The van der Waals surface area contributed by atoms with Crippen molar-refractivity contribution in [3.8, 4) is 0 Å². The third-order valence-corrected chi connectivity index (χ3v) is 3.11. The van der Waals surface area contributed by atoms with Gasteiger partial charge < -0.3 is 15.3 Å². The molecule has 0 unspecified atom stereocenters. The molecule has 2 amide bonds. The molecule has 9 heteroatoms. The first-order valence-corrected chi connectivity index (χ1v) is 6.08. The summed E-state index contributed by atoms with van der Waals surface area (Å²) in [6, 6.07) is 2.21. The standard InChI is InChI=1S/C12H12FN3O5/c13-9-2-1-8(16(20)21)4-10(9)14-12(19)15-5-7(6-15)3-11(17)18/h1-2,4,7H,3,5-6H2,(H,14,19)(H,17,18). The first-order valence-electron chi connectivity index (χ1n) is 6.08. The lowest BCUT2D eigenvalue weighted by molar-refractivity contribution is -0.384. The Hall–Kier alpha value is -2.71. The monoisotopic (exact) mass is 297 g/mol. The van der Waals surface area contributed by atoms with Crippen LogP contribution in [-0.4, -0.2) is 40.0 Å². The Morgan fingerprint density at radius 1 is 1.48 bits per heavy atom. The van der Waals surface area contributed by atoms with Crippen molar-refractivity contribution in [2.24, 2.45) is 5.92 Å². The molecule has 1 aromatic carbocycles. The highest BCUT2D eigenvalue weighted by Gasteiger charge is 2.32. The fourth-order valence-electron chi connectivity index (χ4n) is 2.03. The summed E-state index contributed by atoms with van der Waals surface area (Å²) in [7, 11) is 0. The molecule has 1 fully saturated rings. The molecule has 0 saturated carbocycles. The van der Waals surface area contributed by atoms with Crippen LogP contribution in [0.1, 0.15) is 6.42 Å². The van der Waals surface area contributed by atoms with Crippen LogP contribution in [-0.2, 0) is 4.79 Å². The van der Waals surface area contributed by atoms with Crippen molar-refractivity contribution in [1.82, 2.24) is 4.90 Å². The summed E-state index contributed by atoms with van der Waals surface area (Å²) in [6.45, 7) is 0.517. The van der Waals surface area contributed by atoms with Crippen LogP contribution in [0.3, 0.4) is 0 Å². The van der Waals surface area contributed by atoms with E-state index in [9.17, 15) is 24.1 Å². The molecule has 0 aliphatic carbocycles. The number of halogens is 1. The minimum absolute atomic E-state index is 0.0328. The average Bonchev–Trinajstić information content (AvgIpc) is 2.35. The molecule has 1 heterocycles. The van der Waals surface area contributed by atoms with Crippen LogP contribution < -0.4 is 5.32 Å². The highest BCUT2D eigenvalue weighted by atomic mass is 19.1. The summed E-state index contributed by atoms with van der Waals surface area (Å²) >= 11 is 0. The third-order valence-electron chi connectivity index (χ3n) is 3.11. The Balaban J connectivity index is 1.96. The van der Waals surface area contributed by atoms with Crippen LogP contribution in [0.25, 0.3) is 0 Å². The molecule has 112 valence electrons. The van der Waals surface area contributed by atoms with E-state index in [1.54, 1.807) is 0 Å². The number of amides is 2. The van der Waals surface area contributed by atoms with Gasteiger partial charge in [0.2, 0.25) is 0 Å². The number of urea groups is 1. The highest BCUT2D eigenvalue weighted by Crippen LogP contribution is 2.24. The van der Waals surface area contributed by atoms with Crippen LogP contribution in [0, 0.1) is 21.8 Å². The van der Waals surface area contributed by atoms with E-state index >= 15 is 0 Å². The summed E-state index contributed by atoms with van der Waals surface area (Å²) in [5.41, 5.74) is -0.616. The van der Waals surface area contributed by atoms with Gasteiger partial charge in [-0.1, -0.05) is 0 Å². The van der Waals surface area contributed by atoms with Crippen LogP contribution >= 0.6 is 0 Å². The van der Waals surface area contributed by atoms with Crippen molar-refractivity contribution in [3.63, 3.8) is 0 Å². The Kier molecular flexibility index (Phi) is 4.01. The lowest BCUT2D eigenvalue weighted by Gasteiger charge is -2.38. The number of aliphatic carboxylic acids is 1. The van der Waals surface area contributed by atoms with Gasteiger partial charge in [-0.05, 0) is 6.07 Å². The number of non-ortho nitro benzene ring substituents is 1. The molecule has 2 rings (SSSR count). The summed E-state index contributed by atoms with van der Waals surface area (Å²) in [6.07, 6.45) is -0.0328. The molecular formula is C12H12FN3O5. The predicted octanol–water partition coefficient (Wildman–Crippen LogP) is 1.67. The fourth-order valence-corrected chi connectivity index (χ4v) is 2.03. The Bertz CT molecular complexity index is 601. The number of nitrogens with one attached hydrogen (secondary N) is 1. The largest absolute Gasteiger partial charge is 0.481 e. The van der Waals surface area contributed by atoms with Gasteiger partial charge in [0.1, 0.15) is 5.82 Å². The van der Waals surface area contributed by atoms with Crippen molar-refractivity contribution in [1.29, 1.82) is 0 Å². The summed E-state index contributed by atoms with van der Waals surface area (Å²) in [5, 5.41) is 21.4. The Morgan fingerprint density at radius 2 is 2.14 bits per heavy atom. The first kappa shape index (κ1) is 14.7. The molecule has 1 saturated heterocycles. The molecule has 21 heavy (non-hydrogen) atoms. The van der Waals surface area contributed by atoms with Crippen LogP contribution in [0.5, 0.6) is 0 Å². The number of rotatable bonds is 4. The second kappa shape index (κ2) is 5.73. The zero-order chi connectivity index (χ0) is 15.6. The smallest absolute Gasteiger partial charge is 0.321 e. The quantitative estimate of drug-likeness (QED) is 0.648. The van der Waals surface area contributed by atoms with Crippen LogP contribution in [0.15, 0.2) is 18.2 Å². The molecule has 1 aromatic rings. The lowest BCUT2D eigenvalue weighted by atomic mass is 9.97. The molecule has 0 atom stereocenters. The maximum Gasteiger partial charge on any atom is 0.321 e. The first-order chi connectivity index (χ1) is 9.86. The predicted molar refractivity (Wildman–Crippen MR) is 69.4 cm³/mol. The number of carboxylic acid groups (broad SMARTS) is 1. The van der Waals surface area contributed by atoms with E-state index in [0.29, 0.717) is 0 Å². The number of nitrogens with zero attached hydrogens (tertiary/aromatic N) is 2. The van der Waals surface area contributed by atoms with Gasteiger partial charge in [0.15, 0.2) is 0 Å². The van der Waals surface area contributed by atoms with E-state index in [4.69, 9.17) is 5.11 Å². The second-order valence-corrected chi connectivity index (χ2v) is 4.72. The second-order valence-electron chi connectivity index (χ2n) is 4.72. The average molecular weight is 297 g/mol. The van der Waals surface area contributed by atoms with Crippen molar-refractivity contribution < 1.29 is 24.0 Å². The maximum atomic E-state index is 13.5. The number of hydrogen-bond acceptors (Lipinski definition) is 4. The van der Waals surface area contributed by atoms with Gasteiger partial charge in [-0.3, -0.25) is 14.9 Å². The van der Waals surface area contributed by atoms with E-state index in [1.807, 2.05) is 0 Å². The van der Waals surface area contributed by atoms with Crippen molar-refractivity contribution >= 4 is 23.4 Å². The van der Waals surface area contributed by atoms with E-state index in [0.717, 1.165) is 18.2 Å². The molecule has 0 radical (unpaired) electrons. The maximum absolute atomic E-state index is 13.5. The number of carbonyl (C=O) groups excluding carboxylic acids is 1. The van der Waals surface area contributed by atoms with Crippen molar-refractivity contribution in [3.05, 3.63) is 34.1 Å². The fraction of sp³-hybridized carbons (Fsp3) is 0.333. The zero-order valence-electron chi connectivity index (χ0n) is 10.8. The topological polar surface area (TPSA) is 113 Å². The highest BCUT2D eigenvalue weighted by molar-refractivity contribution is 5.90. The SMILES string of the molecule is O=C(O)CC1CN(C(=O)Nc2cc([N+](=O)[O-])ccc2F)C1. The molecule has 1 aliphatic heterocycles. The van der Waals surface area contributed by atoms with Crippen molar-refractivity contribution in [2.45, 2.75) is 6.42 Å². The summed E-state index contributed by atoms with van der Waals surface area (Å²) < 4.78 is 13.5. The van der Waals surface area contributed by atoms with Gasteiger partial charge in [0.25, 0.3) is 5.69 Å². The van der Waals surface area contributed by atoms with Gasteiger partial charge in [0.05, 0.1) is 17.0 Å². The minimum atomic E-state index is -0.940. The number of anilines is 1. The van der Waals surface area contributed by atoms with Crippen LogP contribution in [0.4, 0.5) is 20.6 Å². The number of likely N-dealkylation sites (tertiary alicyclic amines) is 1. The molecular weight excluding hydrogens is 285 g/mol. The minimum Gasteiger partial charge on any atom is -0.481 e. The van der Waals surface area contributed by atoms with E-state index in [2.05, 4.69) is 5.32 Å². The number of hydrogen-bond donors (Lipinski definition) is 2. The normalized spacial score (nSPS) is 14.4. The van der Waals surface area contributed by atoms with Crippen molar-refractivity contribution in [2.75, 3.05) is 18.4 Å². The molecule has 0 spiro atoms. The zero-order valence-corrected chi connectivity index (χ0v) is 10.8. The molecule has 2 N–H and O–H groups in total. The summed E-state index contributed by atoms with van der Waals surface area (Å²) in [5.74, 6) is -1.84. The molecule has 0 aromatic heterocycles. The number of benzene rings is 1. The Morgan fingerprint density at radius 3 is 2.71 bits per heavy atom. The van der Waals surface area contributed by atoms with E-state index in [1.165, 1.54) is 4.90 Å². The number of nitro groups is 1. The van der Waals surface area contributed by atoms with Gasteiger partial charge in [-0.2, -0.15) is 0 Å². The van der Waals surface area contributed by atoms with E-state index < -0.39 is 22.7 Å². The number of nitro benzene ring substituents is 1. The lowest BCUT2D eigenvalue weighted by Crippen LogP contribution is -2.52. The van der Waals surface area contributed by atoms with Crippen LogP contribution in [0.2, 0.25) is 0 Å². The van der Waals surface area contributed by atoms with Gasteiger partial charge in [-0.25, -0.2) is 9.18 Å². The number of carbonyl (C=O) groups is 2. The van der Waals surface area contributed by atoms with Gasteiger partial charge >= 0.3 is 12.0 Å². The van der Waals surface area contributed by atoms with E-state index in [-0.39, 0.29) is 36.8 Å². The summed E-state index contributed by atoms with van der Waals surface area (Å²) in [4.78, 5) is 33.5. The number of carboxylic acids is 1. The molecule has 1 aliphatic rings.